The van der Waals surface area contributed by atoms with Gasteiger partial charge in [-0.05, 0) is 30.7 Å². The largest absolute Gasteiger partial charge is 0.326 e. The zero-order valence-corrected chi connectivity index (χ0v) is 10.4. The summed E-state index contributed by atoms with van der Waals surface area (Å²) in [5.41, 5.74) is 7.93. The van der Waals surface area contributed by atoms with Gasteiger partial charge in [0.25, 0.3) is 0 Å². The molecule has 0 bridgehead atoms. The van der Waals surface area contributed by atoms with Crippen LogP contribution in [0.25, 0.3) is 0 Å². The quantitative estimate of drug-likeness (QED) is 0.894. The van der Waals surface area contributed by atoms with Crippen molar-refractivity contribution in [1.29, 1.82) is 0 Å². The van der Waals surface area contributed by atoms with E-state index >= 15 is 0 Å². The highest BCUT2D eigenvalue weighted by Crippen LogP contribution is 2.32. The van der Waals surface area contributed by atoms with Crippen molar-refractivity contribution < 1.29 is 4.39 Å². The van der Waals surface area contributed by atoms with E-state index in [4.69, 9.17) is 5.73 Å². The summed E-state index contributed by atoms with van der Waals surface area (Å²) in [4.78, 5) is 1.65. The molecule has 0 aromatic heterocycles. The van der Waals surface area contributed by atoms with Gasteiger partial charge < -0.3 is 5.73 Å². The predicted octanol–water partition coefficient (Wildman–Crippen LogP) is 3.74. The summed E-state index contributed by atoms with van der Waals surface area (Å²) in [5, 5.41) is 0. The molecule has 2 aromatic carbocycles. The van der Waals surface area contributed by atoms with Gasteiger partial charge in [0.15, 0.2) is 0 Å². The molecule has 0 aliphatic heterocycles. The molecule has 3 heteroatoms. The first kappa shape index (κ1) is 12.1. The molecule has 0 unspecified atom stereocenters. The van der Waals surface area contributed by atoms with E-state index in [-0.39, 0.29) is 5.82 Å². The molecule has 2 N–H and O–H groups in total. The van der Waals surface area contributed by atoms with Crippen LogP contribution < -0.4 is 5.73 Å². The van der Waals surface area contributed by atoms with Crippen molar-refractivity contribution in [2.75, 3.05) is 0 Å². The molecule has 2 rings (SSSR count). The standard InChI is InChI=1S/C14H14FNS/c1-10-6-7-13(11(8-10)9-16)17-14-5-3-2-4-12(14)15/h2-8H,9,16H2,1H3. The normalized spacial score (nSPS) is 10.5. The Balaban J connectivity index is 2.33. The highest BCUT2D eigenvalue weighted by Gasteiger charge is 2.06. The molecule has 0 saturated carbocycles. The van der Waals surface area contributed by atoms with Crippen molar-refractivity contribution in [1.82, 2.24) is 0 Å². The SMILES string of the molecule is Cc1ccc(Sc2ccccc2F)c(CN)c1. The molecule has 1 nitrogen and oxygen atoms in total. The molecule has 0 radical (unpaired) electrons. The minimum Gasteiger partial charge on any atom is -0.326 e. The van der Waals surface area contributed by atoms with Crippen molar-refractivity contribution in [3.8, 4) is 0 Å². The van der Waals surface area contributed by atoms with Gasteiger partial charge >= 0.3 is 0 Å². The second-order valence-corrected chi connectivity index (χ2v) is 4.93. The fourth-order valence-corrected chi connectivity index (χ4v) is 2.57. The van der Waals surface area contributed by atoms with E-state index in [2.05, 4.69) is 0 Å². The van der Waals surface area contributed by atoms with E-state index < -0.39 is 0 Å². The number of hydrogen-bond donors (Lipinski definition) is 1. The second kappa shape index (κ2) is 5.34. The molecule has 0 heterocycles. The van der Waals surface area contributed by atoms with Crippen LogP contribution in [0, 0.1) is 12.7 Å². The Morgan fingerprint density at radius 2 is 1.88 bits per heavy atom. The minimum atomic E-state index is -0.193. The summed E-state index contributed by atoms with van der Waals surface area (Å²) in [5.74, 6) is -0.193. The Morgan fingerprint density at radius 1 is 1.12 bits per heavy atom. The lowest BCUT2D eigenvalue weighted by Gasteiger charge is -2.09. The fourth-order valence-electron chi connectivity index (χ4n) is 1.61. The molecular formula is C14H14FNS. The van der Waals surface area contributed by atoms with Gasteiger partial charge in [-0.2, -0.15) is 0 Å². The predicted molar refractivity (Wildman–Crippen MR) is 69.6 cm³/mol. The molecular weight excluding hydrogens is 233 g/mol. The highest BCUT2D eigenvalue weighted by molar-refractivity contribution is 7.99. The average Bonchev–Trinajstić information content (AvgIpc) is 2.34. The molecule has 88 valence electrons. The number of benzene rings is 2. The molecule has 0 aliphatic rings. The van der Waals surface area contributed by atoms with Gasteiger partial charge in [0.05, 0.1) is 0 Å². The molecule has 0 atom stereocenters. The number of rotatable bonds is 3. The Bertz CT molecular complexity index is 525. The van der Waals surface area contributed by atoms with E-state index in [1.54, 1.807) is 12.1 Å². The van der Waals surface area contributed by atoms with E-state index in [9.17, 15) is 4.39 Å². The number of halogens is 1. The van der Waals surface area contributed by atoms with E-state index in [0.29, 0.717) is 11.4 Å². The van der Waals surface area contributed by atoms with Crippen LogP contribution in [0.15, 0.2) is 52.3 Å². The summed E-state index contributed by atoms with van der Waals surface area (Å²) in [6, 6.07) is 12.8. The van der Waals surface area contributed by atoms with Gasteiger partial charge in [-0.25, -0.2) is 4.39 Å². The van der Waals surface area contributed by atoms with Crippen molar-refractivity contribution in [2.24, 2.45) is 5.73 Å². The van der Waals surface area contributed by atoms with Gasteiger partial charge in [0.2, 0.25) is 0 Å². The molecule has 0 saturated heterocycles. The van der Waals surface area contributed by atoms with Gasteiger partial charge in [0, 0.05) is 16.3 Å². The minimum absolute atomic E-state index is 0.193. The molecule has 0 spiro atoms. The zero-order valence-electron chi connectivity index (χ0n) is 9.61. The maximum absolute atomic E-state index is 13.5. The molecule has 0 amide bonds. The number of hydrogen-bond acceptors (Lipinski definition) is 2. The van der Waals surface area contributed by atoms with E-state index in [0.717, 1.165) is 10.5 Å². The second-order valence-electron chi connectivity index (χ2n) is 3.85. The summed E-state index contributed by atoms with van der Waals surface area (Å²) in [6.07, 6.45) is 0. The first-order valence-corrected chi connectivity index (χ1v) is 6.24. The summed E-state index contributed by atoms with van der Waals surface area (Å²) in [7, 11) is 0. The van der Waals surface area contributed by atoms with Crippen molar-refractivity contribution >= 4 is 11.8 Å². The first-order valence-electron chi connectivity index (χ1n) is 5.42. The Kier molecular flexibility index (Phi) is 3.82. The average molecular weight is 247 g/mol. The van der Waals surface area contributed by atoms with E-state index in [1.807, 2.05) is 31.2 Å². The fraction of sp³-hybridized carbons (Fsp3) is 0.143. The maximum Gasteiger partial charge on any atom is 0.137 e. The highest BCUT2D eigenvalue weighted by atomic mass is 32.2. The molecule has 17 heavy (non-hydrogen) atoms. The van der Waals surface area contributed by atoms with Crippen molar-refractivity contribution in [3.63, 3.8) is 0 Å². The van der Waals surface area contributed by atoms with Crippen LogP contribution in [0.4, 0.5) is 4.39 Å². The third-order valence-electron chi connectivity index (χ3n) is 2.49. The topological polar surface area (TPSA) is 26.0 Å². The Hall–Kier alpha value is -1.32. The van der Waals surface area contributed by atoms with Crippen LogP contribution >= 0.6 is 11.8 Å². The van der Waals surface area contributed by atoms with Crippen LogP contribution in [0.1, 0.15) is 11.1 Å². The van der Waals surface area contributed by atoms with Crippen LogP contribution in [-0.2, 0) is 6.54 Å². The molecule has 2 aromatic rings. The summed E-state index contributed by atoms with van der Waals surface area (Å²) >= 11 is 1.42. The summed E-state index contributed by atoms with van der Waals surface area (Å²) in [6.45, 7) is 2.50. The maximum atomic E-state index is 13.5. The van der Waals surface area contributed by atoms with Crippen LogP contribution in [0.2, 0.25) is 0 Å². The monoisotopic (exact) mass is 247 g/mol. The molecule has 0 aliphatic carbocycles. The lowest BCUT2D eigenvalue weighted by molar-refractivity contribution is 0.602. The Morgan fingerprint density at radius 3 is 2.59 bits per heavy atom. The Labute approximate surface area is 105 Å². The lowest BCUT2D eigenvalue weighted by atomic mass is 10.1. The van der Waals surface area contributed by atoms with Gasteiger partial charge in [-0.15, -0.1) is 0 Å². The van der Waals surface area contributed by atoms with Gasteiger partial charge in [-0.1, -0.05) is 41.6 Å². The third kappa shape index (κ3) is 2.87. The summed E-state index contributed by atoms with van der Waals surface area (Å²) < 4.78 is 13.5. The first-order chi connectivity index (χ1) is 8.20. The smallest absolute Gasteiger partial charge is 0.137 e. The zero-order chi connectivity index (χ0) is 12.3. The van der Waals surface area contributed by atoms with Crippen LogP contribution in [0.3, 0.4) is 0 Å². The van der Waals surface area contributed by atoms with Crippen LogP contribution in [0.5, 0.6) is 0 Å². The van der Waals surface area contributed by atoms with Crippen molar-refractivity contribution in [2.45, 2.75) is 23.3 Å². The van der Waals surface area contributed by atoms with Crippen molar-refractivity contribution in [3.05, 3.63) is 59.4 Å². The van der Waals surface area contributed by atoms with E-state index in [1.165, 1.54) is 23.4 Å². The number of aryl methyl sites for hydroxylation is 1. The van der Waals surface area contributed by atoms with Crippen LogP contribution in [-0.4, -0.2) is 0 Å². The van der Waals surface area contributed by atoms with Gasteiger partial charge in [0.1, 0.15) is 5.82 Å². The van der Waals surface area contributed by atoms with Gasteiger partial charge in [-0.3, -0.25) is 0 Å². The molecule has 0 fully saturated rings. The lowest BCUT2D eigenvalue weighted by Crippen LogP contribution is -1.98. The number of nitrogens with two attached hydrogens (primary N) is 1. The third-order valence-corrected chi connectivity index (χ3v) is 3.66.